The summed E-state index contributed by atoms with van der Waals surface area (Å²) in [6, 6.07) is 9.03. The van der Waals surface area contributed by atoms with Crippen LogP contribution in [0.15, 0.2) is 36.4 Å². The molecule has 0 saturated carbocycles. The summed E-state index contributed by atoms with van der Waals surface area (Å²) in [4.78, 5) is 12.3. The van der Waals surface area contributed by atoms with Crippen molar-refractivity contribution in [1.29, 1.82) is 5.26 Å². The molecule has 2 rings (SSSR count). The second-order valence-corrected chi connectivity index (χ2v) is 5.00. The average Bonchev–Trinajstić information content (AvgIpc) is 2.45. The maximum absolute atomic E-state index is 13.2. The van der Waals surface area contributed by atoms with Gasteiger partial charge in [-0.25, -0.2) is 8.78 Å². The molecule has 0 aliphatic heterocycles. The molecule has 0 radical (unpaired) electrons. The number of carbonyl (C=O) groups excluding carboxylic acids is 1. The lowest BCUT2D eigenvalue weighted by Gasteiger charge is -2.12. The summed E-state index contributed by atoms with van der Waals surface area (Å²) in [5.74, 6) is -4.24. The van der Waals surface area contributed by atoms with Crippen molar-refractivity contribution >= 4 is 29.0 Å². The predicted molar refractivity (Wildman–Crippen MR) is 75.5 cm³/mol. The van der Waals surface area contributed by atoms with Crippen LogP contribution < -0.4 is 0 Å². The van der Waals surface area contributed by atoms with Crippen LogP contribution in [0.25, 0.3) is 0 Å². The van der Waals surface area contributed by atoms with Crippen LogP contribution in [0.1, 0.15) is 21.8 Å². The maximum Gasteiger partial charge on any atom is 0.184 e. The summed E-state index contributed by atoms with van der Waals surface area (Å²) in [6.45, 7) is 0. The summed E-state index contributed by atoms with van der Waals surface area (Å²) in [6.07, 6.45) is 0. The van der Waals surface area contributed by atoms with Gasteiger partial charge in [-0.05, 0) is 30.3 Å². The van der Waals surface area contributed by atoms with Crippen LogP contribution in [-0.4, -0.2) is 5.78 Å². The Morgan fingerprint density at radius 1 is 1.10 bits per heavy atom. The number of nitriles is 1. The summed E-state index contributed by atoms with van der Waals surface area (Å²) in [7, 11) is 0. The fourth-order valence-corrected chi connectivity index (χ4v) is 2.47. The Morgan fingerprint density at radius 3 is 2.24 bits per heavy atom. The van der Waals surface area contributed by atoms with Gasteiger partial charge >= 0.3 is 0 Å². The number of benzene rings is 2. The third kappa shape index (κ3) is 3.05. The molecule has 2 aromatic rings. The van der Waals surface area contributed by atoms with E-state index >= 15 is 0 Å². The van der Waals surface area contributed by atoms with E-state index in [1.165, 1.54) is 12.1 Å². The molecule has 0 fully saturated rings. The highest BCUT2D eigenvalue weighted by Crippen LogP contribution is 2.33. The van der Waals surface area contributed by atoms with Gasteiger partial charge in [0.05, 0.1) is 6.07 Å². The lowest BCUT2D eigenvalue weighted by molar-refractivity contribution is 0.0978. The van der Waals surface area contributed by atoms with E-state index in [0.29, 0.717) is 0 Å². The summed E-state index contributed by atoms with van der Waals surface area (Å²) in [5.41, 5.74) is 0.0227. The molecule has 106 valence electrons. The van der Waals surface area contributed by atoms with E-state index in [1.54, 1.807) is 12.1 Å². The molecule has 2 nitrogen and oxygen atoms in total. The number of ketones is 1. The third-order valence-electron chi connectivity index (χ3n) is 2.88. The Balaban J connectivity index is 2.49. The lowest BCUT2D eigenvalue weighted by atomic mass is 9.91. The van der Waals surface area contributed by atoms with Gasteiger partial charge in [-0.2, -0.15) is 5.26 Å². The zero-order valence-corrected chi connectivity index (χ0v) is 11.9. The maximum atomic E-state index is 13.2. The Kier molecular flexibility index (Phi) is 4.56. The van der Waals surface area contributed by atoms with Gasteiger partial charge in [-0.1, -0.05) is 29.3 Å². The highest BCUT2D eigenvalue weighted by Gasteiger charge is 2.26. The van der Waals surface area contributed by atoms with E-state index in [2.05, 4.69) is 0 Å². The van der Waals surface area contributed by atoms with Gasteiger partial charge in [-0.15, -0.1) is 0 Å². The van der Waals surface area contributed by atoms with Crippen LogP contribution in [0.4, 0.5) is 8.78 Å². The largest absolute Gasteiger partial charge is 0.292 e. The van der Waals surface area contributed by atoms with Crippen LogP contribution in [0.2, 0.25) is 10.0 Å². The molecular weight excluding hydrogens is 319 g/mol. The van der Waals surface area contributed by atoms with Crippen molar-refractivity contribution < 1.29 is 13.6 Å². The molecule has 0 bridgehead atoms. The molecule has 2 aromatic carbocycles. The molecule has 6 heteroatoms. The standard InChI is InChI=1S/C15H7Cl2F2NO/c16-10-2-1-3-11(17)14(10)9(7-20)15(21)8-4-5-12(18)13(19)6-8/h1-6,9H. The van der Waals surface area contributed by atoms with Crippen molar-refractivity contribution in [3.05, 3.63) is 69.2 Å². The fraction of sp³-hybridized carbons (Fsp3) is 0.0667. The van der Waals surface area contributed by atoms with Gasteiger partial charge in [0, 0.05) is 21.2 Å². The van der Waals surface area contributed by atoms with Gasteiger partial charge in [0.2, 0.25) is 0 Å². The number of rotatable bonds is 3. The van der Waals surface area contributed by atoms with Crippen LogP contribution in [0, 0.1) is 23.0 Å². The van der Waals surface area contributed by atoms with Crippen molar-refractivity contribution in [2.24, 2.45) is 0 Å². The van der Waals surface area contributed by atoms with Gasteiger partial charge in [0.1, 0.15) is 5.92 Å². The van der Waals surface area contributed by atoms with Gasteiger partial charge < -0.3 is 0 Å². The van der Waals surface area contributed by atoms with E-state index in [1.807, 2.05) is 0 Å². The highest BCUT2D eigenvalue weighted by molar-refractivity contribution is 6.36. The molecule has 0 aromatic heterocycles. The molecule has 0 aliphatic rings. The van der Waals surface area contributed by atoms with Gasteiger partial charge in [-0.3, -0.25) is 4.79 Å². The first-order valence-corrected chi connectivity index (χ1v) is 6.54. The second kappa shape index (κ2) is 6.21. The highest BCUT2D eigenvalue weighted by atomic mass is 35.5. The average molecular weight is 326 g/mol. The van der Waals surface area contributed by atoms with E-state index < -0.39 is 23.3 Å². The van der Waals surface area contributed by atoms with Crippen molar-refractivity contribution in [2.75, 3.05) is 0 Å². The first-order valence-electron chi connectivity index (χ1n) is 5.78. The van der Waals surface area contributed by atoms with Crippen molar-refractivity contribution in [3.63, 3.8) is 0 Å². The molecule has 1 atom stereocenters. The molecule has 0 aliphatic carbocycles. The summed E-state index contributed by atoms with van der Waals surface area (Å²) in [5, 5.41) is 9.54. The SMILES string of the molecule is N#CC(C(=O)c1ccc(F)c(F)c1)c1c(Cl)cccc1Cl. The predicted octanol–water partition coefficient (Wildman–Crippen LogP) is 4.76. The quantitative estimate of drug-likeness (QED) is 0.763. The monoisotopic (exact) mass is 325 g/mol. The van der Waals surface area contributed by atoms with Gasteiger partial charge in [0.25, 0.3) is 0 Å². The second-order valence-electron chi connectivity index (χ2n) is 4.19. The first kappa shape index (κ1) is 15.4. The van der Waals surface area contributed by atoms with Crippen LogP contribution >= 0.6 is 23.2 Å². The number of carbonyl (C=O) groups is 1. The van der Waals surface area contributed by atoms with E-state index in [4.69, 9.17) is 23.2 Å². The summed E-state index contributed by atoms with van der Waals surface area (Å²) >= 11 is 11.9. The Bertz CT molecular complexity index is 736. The molecule has 0 spiro atoms. The summed E-state index contributed by atoms with van der Waals surface area (Å²) < 4.78 is 26.1. The van der Waals surface area contributed by atoms with Crippen LogP contribution in [0.3, 0.4) is 0 Å². The van der Waals surface area contributed by atoms with E-state index in [9.17, 15) is 18.8 Å². The first-order chi connectivity index (χ1) is 9.95. The fourth-order valence-electron chi connectivity index (χ4n) is 1.86. The number of halogens is 4. The molecule has 0 saturated heterocycles. The minimum atomic E-state index is -1.30. The van der Waals surface area contributed by atoms with Crippen LogP contribution in [-0.2, 0) is 0 Å². The van der Waals surface area contributed by atoms with Crippen molar-refractivity contribution in [3.8, 4) is 6.07 Å². The van der Waals surface area contributed by atoms with Gasteiger partial charge in [0.15, 0.2) is 17.4 Å². The molecule has 1 unspecified atom stereocenters. The van der Waals surface area contributed by atoms with E-state index in [-0.39, 0.29) is 21.2 Å². The number of hydrogen-bond donors (Lipinski definition) is 0. The van der Waals surface area contributed by atoms with Crippen molar-refractivity contribution in [1.82, 2.24) is 0 Å². The Labute approximate surface area is 129 Å². The Hall–Kier alpha value is -1.96. The molecule has 0 heterocycles. The Morgan fingerprint density at radius 2 is 1.71 bits per heavy atom. The molecule has 21 heavy (non-hydrogen) atoms. The number of nitrogens with zero attached hydrogens (tertiary/aromatic N) is 1. The topological polar surface area (TPSA) is 40.9 Å². The third-order valence-corrected chi connectivity index (χ3v) is 3.54. The minimum absolute atomic E-state index is 0.128. The lowest BCUT2D eigenvalue weighted by Crippen LogP contribution is -2.13. The smallest absolute Gasteiger partial charge is 0.184 e. The molecule has 0 N–H and O–H groups in total. The van der Waals surface area contributed by atoms with E-state index in [0.717, 1.165) is 18.2 Å². The minimum Gasteiger partial charge on any atom is -0.292 e. The number of hydrogen-bond acceptors (Lipinski definition) is 2. The molecular formula is C15H7Cl2F2NO. The zero-order valence-electron chi connectivity index (χ0n) is 10.4. The number of Topliss-reactive ketones (excluding diaryl/α,β-unsaturated/α-hetero) is 1. The normalized spacial score (nSPS) is 11.8. The van der Waals surface area contributed by atoms with Crippen molar-refractivity contribution in [2.45, 2.75) is 5.92 Å². The van der Waals surface area contributed by atoms with Crippen LogP contribution in [0.5, 0.6) is 0 Å². The molecule has 0 amide bonds. The zero-order chi connectivity index (χ0) is 15.6.